The number of aryl methyl sites for hydroxylation is 1. The highest BCUT2D eigenvalue weighted by atomic mass is 35.5. The molecule has 3 heterocycles. The van der Waals surface area contributed by atoms with Crippen LogP contribution < -0.4 is 16.0 Å². The summed E-state index contributed by atoms with van der Waals surface area (Å²) in [6, 6.07) is 28.9. The smallest absolute Gasteiger partial charge is 0.264 e. The molecule has 1 aromatic heterocycles. The maximum absolute atomic E-state index is 16.4. The number of nitrogens with two attached hydrogens (primary N) is 1. The molecule has 0 aliphatic carbocycles. The highest BCUT2D eigenvalue weighted by molar-refractivity contribution is 6.72. The number of aliphatic hydroxyl groups is 1. The largest absolute Gasteiger partial charge is 0.399 e. The number of benzene rings is 4. The molecule has 1 unspecified atom stereocenters. The number of nitrogen functional groups attached to an aromatic ring is 1. The number of anilines is 3. The second-order valence-electron chi connectivity index (χ2n) is 14.4. The number of rotatable bonds is 11. The molecule has 10 nitrogen and oxygen atoms in total. The Morgan fingerprint density at radius 2 is 1.83 bits per heavy atom. The van der Waals surface area contributed by atoms with Gasteiger partial charge in [0, 0.05) is 51.7 Å². The van der Waals surface area contributed by atoms with Crippen molar-refractivity contribution in [3.05, 3.63) is 136 Å². The summed E-state index contributed by atoms with van der Waals surface area (Å²) in [7, 11) is -3.41. The highest BCUT2D eigenvalue weighted by Crippen LogP contribution is 2.60. The maximum atomic E-state index is 16.4. The fraction of sp³-hybridized carbons (Fsp3) is 0.300. The van der Waals surface area contributed by atoms with Gasteiger partial charge in [-0.15, -0.1) is 5.10 Å². The van der Waals surface area contributed by atoms with Crippen LogP contribution in [0.1, 0.15) is 52.0 Å². The van der Waals surface area contributed by atoms with E-state index in [1.807, 2.05) is 61.5 Å². The normalized spacial score (nSPS) is 21.6. The number of ether oxygens (including phenoxy) is 1. The second kappa shape index (κ2) is 14.5. The lowest BCUT2D eigenvalue weighted by Crippen LogP contribution is -2.45. The summed E-state index contributed by atoms with van der Waals surface area (Å²) in [6.45, 7) is 5.70. The number of amides is 2. The van der Waals surface area contributed by atoms with Gasteiger partial charge in [0.25, 0.3) is 11.8 Å². The average Bonchev–Trinajstić information content (AvgIpc) is 3.79. The number of aliphatic hydroxyl groups excluding tert-OH is 1. The van der Waals surface area contributed by atoms with Crippen LogP contribution in [0.5, 0.6) is 0 Å². The Morgan fingerprint density at radius 3 is 2.55 bits per heavy atom. The minimum atomic E-state index is -3.41. The number of carbonyl (C=O) groups is 2. The van der Waals surface area contributed by atoms with Crippen molar-refractivity contribution in [2.75, 3.05) is 22.6 Å². The van der Waals surface area contributed by atoms with E-state index in [2.05, 4.69) is 15.6 Å². The molecule has 5 aromatic rings. The summed E-state index contributed by atoms with van der Waals surface area (Å²) in [4.78, 5) is 29.5. The SMILES string of the molecule is C[C@@H]1[C@@H]([Si](C)(C)F)[C@H](CCn2cc(C(CO)c3ccccc3)nn2)O[C@@]12C(=O)N(Cc1cccc(NC(=O)c3ccc(N)cc3)c1)c1ccc(Cl)cc12. The Hall–Kier alpha value is -4.88. The zero-order valence-corrected chi connectivity index (χ0v) is 31.5. The van der Waals surface area contributed by atoms with Gasteiger partial charge in [-0.3, -0.25) is 14.3 Å². The number of nitrogens with one attached hydrogen (secondary N) is 1. The fourth-order valence-electron chi connectivity index (χ4n) is 8.11. The van der Waals surface area contributed by atoms with Gasteiger partial charge in [0.05, 0.1) is 36.6 Å². The van der Waals surface area contributed by atoms with Crippen molar-refractivity contribution in [2.45, 2.75) is 62.7 Å². The Balaban J connectivity index is 1.14. The second-order valence-corrected chi connectivity index (χ2v) is 18.7. The number of hydrogen-bond acceptors (Lipinski definition) is 7. The Labute approximate surface area is 313 Å². The summed E-state index contributed by atoms with van der Waals surface area (Å²) in [5.41, 5.74) is 9.04. The fourth-order valence-corrected chi connectivity index (χ4v) is 10.8. The standard InChI is InChI=1S/C40H42ClFN6O4Si/c1-25-37(53(2,3)42)36(18-19-47-23-34(45-46-47)32(24-49)27-9-5-4-6-10-27)52-40(25)33-21-29(41)14-17-35(33)48(39(40)51)22-26-8-7-11-31(20-26)44-38(50)28-12-15-30(43)16-13-28/h4-17,20-21,23,25,32,36-37,49H,18-19,22,24,43H2,1-3H3,(H,44,50)/t25-,32?,36+,37-,40+/m1/s1. The van der Waals surface area contributed by atoms with Gasteiger partial charge in [0.2, 0.25) is 8.41 Å². The van der Waals surface area contributed by atoms with Gasteiger partial charge in [-0.2, -0.15) is 0 Å². The van der Waals surface area contributed by atoms with E-state index in [-0.39, 0.29) is 30.9 Å². The van der Waals surface area contributed by atoms with Crippen molar-refractivity contribution in [1.82, 2.24) is 15.0 Å². The highest BCUT2D eigenvalue weighted by Gasteiger charge is 2.66. The molecule has 0 saturated carbocycles. The molecule has 2 amide bonds. The molecule has 7 rings (SSSR count). The topological polar surface area (TPSA) is 136 Å². The van der Waals surface area contributed by atoms with Crippen molar-refractivity contribution in [2.24, 2.45) is 5.92 Å². The van der Waals surface area contributed by atoms with E-state index in [0.717, 1.165) is 11.1 Å². The number of hydrogen-bond donors (Lipinski definition) is 3. The summed E-state index contributed by atoms with van der Waals surface area (Å²) in [5, 5.41) is 22.2. The molecule has 0 radical (unpaired) electrons. The van der Waals surface area contributed by atoms with E-state index in [1.54, 1.807) is 71.3 Å². The quantitative estimate of drug-likeness (QED) is 0.0732. The number of halogens is 2. The Kier molecular flexibility index (Phi) is 9.98. The number of fused-ring (bicyclic) bond motifs is 2. The maximum Gasteiger partial charge on any atom is 0.264 e. The van der Waals surface area contributed by atoms with E-state index < -0.39 is 31.6 Å². The molecule has 4 aromatic carbocycles. The Morgan fingerprint density at radius 1 is 1.08 bits per heavy atom. The average molecular weight is 753 g/mol. The molecular weight excluding hydrogens is 711 g/mol. The lowest BCUT2D eigenvalue weighted by molar-refractivity contribution is -0.146. The van der Waals surface area contributed by atoms with Crippen LogP contribution in [-0.4, -0.2) is 53.0 Å². The van der Waals surface area contributed by atoms with Crippen LogP contribution >= 0.6 is 11.6 Å². The summed E-state index contributed by atoms with van der Waals surface area (Å²) >= 11 is 6.57. The zero-order valence-electron chi connectivity index (χ0n) is 29.7. The summed E-state index contributed by atoms with van der Waals surface area (Å²) < 4.78 is 25.0. The molecule has 274 valence electrons. The van der Waals surface area contributed by atoms with Gasteiger partial charge in [-0.1, -0.05) is 66.2 Å². The molecule has 2 aliphatic rings. The zero-order chi connectivity index (χ0) is 37.5. The van der Waals surface area contributed by atoms with Gasteiger partial charge in [0.1, 0.15) is 0 Å². The van der Waals surface area contributed by atoms with E-state index in [4.69, 9.17) is 22.1 Å². The van der Waals surface area contributed by atoms with Crippen molar-refractivity contribution in [1.29, 1.82) is 0 Å². The van der Waals surface area contributed by atoms with Crippen LogP contribution in [0, 0.1) is 5.92 Å². The number of carbonyl (C=O) groups excluding carboxylic acids is 2. The minimum Gasteiger partial charge on any atom is -0.399 e. The van der Waals surface area contributed by atoms with E-state index >= 15 is 4.11 Å². The minimum absolute atomic E-state index is 0.124. The first kappa shape index (κ1) is 36.5. The molecule has 13 heteroatoms. The number of nitrogens with zero attached hydrogens (tertiary/aromatic N) is 4. The van der Waals surface area contributed by atoms with E-state index in [0.29, 0.717) is 51.9 Å². The van der Waals surface area contributed by atoms with Gasteiger partial charge in [-0.05, 0) is 85.2 Å². The first-order chi connectivity index (χ1) is 25.4. The van der Waals surface area contributed by atoms with Gasteiger partial charge >= 0.3 is 0 Å². The third-order valence-electron chi connectivity index (χ3n) is 10.6. The van der Waals surface area contributed by atoms with Gasteiger partial charge < -0.3 is 29.9 Å². The van der Waals surface area contributed by atoms with Crippen LogP contribution in [0.15, 0.2) is 103 Å². The van der Waals surface area contributed by atoms with Crippen LogP contribution in [-0.2, 0) is 28.2 Å². The molecule has 1 saturated heterocycles. The summed E-state index contributed by atoms with van der Waals surface area (Å²) in [5.74, 6) is -1.39. The molecule has 4 N–H and O–H groups in total. The third kappa shape index (κ3) is 6.99. The van der Waals surface area contributed by atoms with Crippen LogP contribution in [0.25, 0.3) is 0 Å². The molecule has 53 heavy (non-hydrogen) atoms. The number of aromatic nitrogens is 3. The van der Waals surface area contributed by atoms with Crippen molar-refractivity contribution in [3.8, 4) is 0 Å². The molecular formula is C40H42ClFN6O4Si. The molecule has 5 atom stereocenters. The van der Waals surface area contributed by atoms with Gasteiger partial charge in [-0.25, -0.2) is 0 Å². The first-order valence-corrected chi connectivity index (χ1v) is 21.0. The van der Waals surface area contributed by atoms with E-state index in [1.165, 1.54) is 0 Å². The lowest BCUT2D eigenvalue weighted by Gasteiger charge is -2.31. The molecule has 1 fully saturated rings. The van der Waals surface area contributed by atoms with Crippen molar-refractivity contribution >= 4 is 48.9 Å². The third-order valence-corrected chi connectivity index (χ3v) is 13.3. The molecule has 1 spiro atoms. The summed E-state index contributed by atoms with van der Waals surface area (Å²) in [6.07, 6.45) is 1.61. The first-order valence-electron chi connectivity index (χ1n) is 17.7. The van der Waals surface area contributed by atoms with Crippen molar-refractivity contribution < 1.29 is 23.5 Å². The van der Waals surface area contributed by atoms with Crippen LogP contribution in [0.3, 0.4) is 0 Å². The van der Waals surface area contributed by atoms with Crippen LogP contribution in [0.2, 0.25) is 23.7 Å². The Bertz CT molecular complexity index is 2130. The predicted molar refractivity (Wildman–Crippen MR) is 206 cm³/mol. The van der Waals surface area contributed by atoms with Crippen molar-refractivity contribution in [3.63, 3.8) is 0 Å². The molecule has 2 aliphatic heterocycles. The molecule has 0 bridgehead atoms. The van der Waals surface area contributed by atoms with Crippen LogP contribution in [0.4, 0.5) is 21.2 Å². The monoisotopic (exact) mass is 752 g/mol. The lowest BCUT2D eigenvalue weighted by atomic mass is 9.82. The van der Waals surface area contributed by atoms with Gasteiger partial charge in [0.15, 0.2) is 5.60 Å². The predicted octanol–water partition coefficient (Wildman–Crippen LogP) is 7.30. The van der Waals surface area contributed by atoms with E-state index in [9.17, 15) is 14.7 Å².